The number of hydrogen-bond donors (Lipinski definition) is 3. The molecule has 0 atom stereocenters. The minimum Gasteiger partial charge on any atom is -0.409 e. The van der Waals surface area contributed by atoms with Gasteiger partial charge in [0, 0.05) is 6.54 Å². The molecule has 104 valence electrons. The van der Waals surface area contributed by atoms with Crippen molar-refractivity contribution < 1.29 is 10.0 Å². The summed E-state index contributed by atoms with van der Waals surface area (Å²) in [5, 5.41) is 14.7. The number of oxime groups is 1. The SMILES string of the molecule is CC(C)CCCNC(=O)C1(C(N)=NO)CC(C)C1. The van der Waals surface area contributed by atoms with Crippen LogP contribution in [-0.2, 0) is 4.79 Å². The molecule has 18 heavy (non-hydrogen) atoms. The second-order valence-corrected chi connectivity index (χ2v) is 5.87. The molecule has 0 aromatic rings. The number of amidine groups is 1. The molecule has 0 saturated heterocycles. The van der Waals surface area contributed by atoms with Gasteiger partial charge in [-0.3, -0.25) is 4.79 Å². The minimum atomic E-state index is -0.772. The largest absolute Gasteiger partial charge is 0.409 e. The van der Waals surface area contributed by atoms with Crippen molar-refractivity contribution in [3.05, 3.63) is 0 Å². The highest BCUT2D eigenvalue weighted by Crippen LogP contribution is 2.45. The molecule has 1 saturated carbocycles. The van der Waals surface area contributed by atoms with Crippen LogP contribution in [0.25, 0.3) is 0 Å². The Morgan fingerprint density at radius 2 is 2.17 bits per heavy atom. The maximum Gasteiger partial charge on any atom is 0.233 e. The van der Waals surface area contributed by atoms with Crippen molar-refractivity contribution in [1.82, 2.24) is 5.32 Å². The van der Waals surface area contributed by atoms with Crippen LogP contribution in [0.1, 0.15) is 46.5 Å². The summed E-state index contributed by atoms with van der Waals surface area (Å²) in [6.07, 6.45) is 3.39. The van der Waals surface area contributed by atoms with Crippen molar-refractivity contribution >= 4 is 11.7 Å². The molecule has 1 rings (SSSR count). The third kappa shape index (κ3) is 3.15. The van der Waals surface area contributed by atoms with Crippen LogP contribution in [0.4, 0.5) is 0 Å². The van der Waals surface area contributed by atoms with Gasteiger partial charge in [-0.25, -0.2) is 0 Å². The van der Waals surface area contributed by atoms with Crippen LogP contribution in [0, 0.1) is 17.3 Å². The lowest BCUT2D eigenvalue weighted by atomic mass is 9.61. The molecule has 0 unspecified atom stereocenters. The van der Waals surface area contributed by atoms with E-state index in [0.717, 1.165) is 12.8 Å². The number of nitrogens with one attached hydrogen (secondary N) is 1. The Morgan fingerprint density at radius 3 is 2.61 bits per heavy atom. The van der Waals surface area contributed by atoms with Crippen LogP contribution < -0.4 is 11.1 Å². The van der Waals surface area contributed by atoms with E-state index in [2.05, 4.69) is 31.2 Å². The fourth-order valence-corrected chi connectivity index (χ4v) is 2.62. The highest BCUT2D eigenvalue weighted by molar-refractivity contribution is 6.07. The fourth-order valence-electron chi connectivity index (χ4n) is 2.62. The monoisotopic (exact) mass is 255 g/mol. The maximum absolute atomic E-state index is 12.2. The summed E-state index contributed by atoms with van der Waals surface area (Å²) in [6.45, 7) is 7.04. The molecule has 0 aromatic heterocycles. The van der Waals surface area contributed by atoms with Gasteiger partial charge in [0.25, 0.3) is 0 Å². The van der Waals surface area contributed by atoms with Gasteiger partial charge in [-0.1, -0.05) is 25.9 Å². The molecule has 0 aromatic carbocycles. The highest BCUT2D eigenvalue weighted by atomic mass is 16.4. The van der Waals surface area contributed by atoms with E-state index >= 15 is 0 Å². The van der Waals surface area contributed by atoms with Crippen LogP contribution in [0.15, 0.2) is 5.16 Å². The van der Waals surface area contributed by atoms with E-state index in [1.54, 1.807) is 0 Å². The van der Waals surface area contributed by atoms with E-state index in [1.807, 2.05) is 0 Å². The Bertz CT molecular complexity index is 320. The second-order valence-electron chi connectivity index (χ2n) is 5.87. The summed E-state index contributed by atoms with van der Waals surface area (Å²) < 4.78 is 0. The highest BCUT2D eigenvalue weighted by Gasteiger charge is 2.51. The lowest BCUT2D eigenvalue weighted by Gasteiger charge is -2.43. The molecule has 0 bridgehead atoms. The van der Waals surface area contributed by atoms with E-state index in [0.29, 0.717) is 31.2 Å². The zero-order valence-corrected chi connectivity index (χ0v) is 11.6. The van der Waals surface area contributed by atoms with Gasteiger partial charge in [0.05, 0.1) is 0 Å². The first-order valence-corrected chi connectivity index (χ1v) is 6.68. The van der Waals surface area contributed by atoms with Crippen molar-refractivity contribution in [1.29, 1.82) is 0 Å². The molecule has 1 fully saturated rings. The lowest BCUT2D eigenvalue weighted by Crippen LogP contribution is -2.56. The number of carbonyl (C=O) groups excluding carboxylic acids is 1. The fraction of sp³-hybridized carbons (Fsp3) is 0.846. The topological polar surface area (TPSA) is 87.7 Å². The molecule has 4 N–H and O–H groups in total. The van der Waals surface area contributed by atoms with Crippen molar-refractivity contribution in [2.75, 3.05) is 6.54 Å². The van der Waals surface area contributed by atoms with Crippen LogP contribution >= 0.6 is 0 Å². The van der Waals surface area contributed by atoms with Gasteiger partial charge in [0.1, 0.15) is 5.41 Å². The Kier molecular flexibility index (Phi) is 4.99. The van der Waals surface area contributed by atoms with Crippen molar-refractivity contribution in [2.24, 2.45) is 28.1 Å². The molecule has 5 nitrogen and oxygen atoms in total. The molecular weight excluding hydrogens is 230 g/mol. The zero-order chi connectivity index (χ0) is 13.8. The van der Waals surface area contributed by atoms with Gasteiger partial charge in [0.2, 0.25) is 5.91 Å². The smallest absolute Gasteiger partial charge is 0.233 e. The molecule has 0 radical (unpaired) electrons. The molecule has 1 aliphatic rings. The average Bonchev–Trinajstić information content (AvgIpc) is 2.28. The Labute approximate surface area is 109 Å². The first-order chi connectivity index (χ1) is 8.42. The van der Waals surface area contributed by atoms with Gasteiger partial charge in [0.15, 0.2) is 5.84 Å². The Morgan fingerprint density at radius 1 is 1.56 bits per heavy atom. The Balaban J connectivity index is 2.47. The zero-order valence-electron chi connectivity index (χ0n) is 11.6. The summed E-state index contributed by atoms with van der Waals surface area (Å²) in [4.78, 5) is 12.2. The molecule has 0 heterocycles. The predicted octanol–water partition coefficient (Wildman–Crippen LogP) is 1.70. The standard InChI is InChI=1S/C13H25N3O2/c1-9(2)5-4-6-15-12(17)13(11(14)16-18)7-10(3)8-13/h9-10,18H,4-8H2,1-3H3,(H2,14,16)(H,15,17). The van der Waals surface area contributed by atoms with E-state index in [-0.39, 0.29) is 11.7 Å². The van der Waals surface area contributed by atoms with Crippen LogP contribution in [0.3, 0.4) is 0 Å². The Hall–Kier alpha value is -1.26. The summed E-state index contributed by atoms with van der Waals surface area (Å²) in [5.74, 6) is 1.04. The average molecular weight is 255 g/mol. The van der Waals surface area contributed by atoms with Crippen molar-refractivity contribution in [3.63, 3.8) is 0 Å². The van der Waals surface area contributed by atoms with E-state index < -0.39 is 5.41 Å². The molecule has 1 aliphatic carbocycles. The van der Waals surface area contributed by atoms with E-state index in [1.165, 1.54) is 0 Å². The molecular formula is C13H25N3O2. The second kappa shape index (κ2) is 6.07. The van der Waals surface area contributed by atoms with Gasteiger partial charge in [-0.2, -0.15) is 0 Å². The molecule has 1 amide bonds. The predicted molar refractivity (Wildman–Crippen MR) is 71.3 cm³/mol. The van der Waals surface area contributed by atoms with Gasteiger partial charge >= 0.3 is 0 Å². The summed E-state index contributed by atoms with van der Waals surface area (Å²) in [7, 11) is 0. The first-order valence-electron chi connectivity index (χ1n) is 6.68. The quantitative estimate of drug-likeness (QED) is 0.222. The third-order valence-electron chi connectivity index (χ3n) is 3.67. The maximum atomic E-state index is 12.2. The molecule has 5 heteroatoms. The third-order valence-corrected chi connectivity index (χ3v) is 3.67. The minimum absolute atomic E-state index is 0.0435. The number of nitrogens with zero attached hydrogens (tertiary/aromatic N) is 1. The number of carbonyl (C=O) groups is 1. The van der Waals surface area contributed by atoms with Crippen LogP contribution in [0.2, 0.25) is 0 Å². The summed E-state index contributed by atoms with van der Waals surface area (Å²) in [5.41, 5.74) is 4.90. The molecule has 0 spiro atoms. The van der Waals surface area contributed by atoms with Gasteiger partial charge in [-0.05, 0) is 37.5 Å². The summed E-state index contributed by atoms with van der Waals surface area (Å²) >= 11 is 0. The van der Waals surface area contributed by atoms with E-state index in [4.69, 9.17) is 10.9 Å². The van der Waals surface area contributed by atoms with Crippen molar-refractivity contribution in [3.8, 4) is 0 Å². The number of hydrogen-bond acceptors (Lipinski definition) is 3. The van der Waals surface area contributed by atoms with Gasteiger partial charge < -0.3 is 16.3 Å². The van der Waals surface area contributed by atoms with Crippen LogP contribution in [0.5, 0.6) is 0 Å². The summed E-state index contributed by atoms with van der Waals surface area (Å²) in [6, 6.07) is 0. The van der Waals surface area contributed by atoms with Crippen molar-refractivity contribution in [2.45, 2.75) is 46.5 Å². The number of amides is 1. The molecule has 0 aliphatic heterocycles. The van der Waals surface area contributed by atoms with Crippen LogP contribution in [-0.4, -0.2) is 23.5 Å². The number of rotatable bonds is 6. The number of nitrogens with two attached hydrogens (primary N) is 1. The first kappa shape index (κ1) is 14.8. The van der Waals surface area contributed by atoms with E-state index in [9.17, 15) is 4.79 Å². The normalized spacial score (nSPS) is 28.0. The lowest BCUT2D eigenvalue weighted by molar-refractivity contribution is -0.133. The van der Waals surface area contributed by atoms with Gasteiger partial charge in [-0.15, -0.1) is 0 Å².